The molecule has 1 amide bonds. The number of rotatable bonds is 11. The van der Waals surface area contributed by atoms with E-state index in [2.05, 4.69) is 20.5 Å². The first-order valence-electron chi connectivity index (χ1n) is 12.0. The molecule has 0 spiro atoms. The summed E-state index contributed by atoms with van der Waals surface area (Å²) >= 11 is 1.71. The molecule has 1 aliphatic rings. The van der Waals surface area contributed by atoms with Gasteiger partial charge in [0.15, 0.2) is 0 Å². The van der Waals surface area contributed by atoms with Crippen LogP contribution in [0.1, 0.15) is 78.1 Å². The third-order valence-corrected chi connectivity index (χ3v) is 7.17. The number of hydrogen-bond acceptors (Lipinski definition) is 7. The Kier molecular flexibility index (Phi) is 8.24. The molecule has 4 rings (SSSR count). The number of benzene rings is 1. The van der Waals surface area contributed by atoms with Gasteiger partial charge in [-0.1, -0.05) is 6.42 Å². The van der Waals surface area contributed by atoms with Gasteiger partial charge in [-0.3, -0.25) is 4.79 Å². The van der Waals surface area contributed by atoms with Gasteiger partial charge in [0.1, 0.15) is 10.8 Å². The van der Waals surface area contributed by atoms with Crippen molar-refractivity contribution in [2.24, 2.45) is 0 Å². The Labute approximate surface area is 204 Å². The van der Waals surface area contributed by atoms with Crippen molar-refractivity contribution in [2.75, 3.05) is 19.8 Å². The average Bonchev–Trinajstić information content (AvgIpc) is 3.27. The van der Waals surface area contributed by atoms with E-state index in [-0.39, 0.29) is 11.9 Å². The maximum Gasteiger partial charge on any atom is 0.251 e. The van der Waals surface area contributed by atoms with E-state index in [0.717, 1.165) is 22.7 Å². The molecule has 3 aromatic rings. The lowest BCUT2D eigenvalue weighted by Gasteiger charge is -2.23. The third kappa shape index (κ3) is 6.18. The van der Waals surface area contributed by atoms with Gasteiger partial charge in [-0.15, -0.1) is 11.3 Å². The highest BCUT2D eigenvalue weighted by Crippen LogP contribution is 2.41. The molecule has 0 bridgehead atoms. The van der Waals surface area contributed by atoms with Gasteiger partial charge in [0.25, 0.3) is 5.91 Å². The van der Waals surface area contributed by atoms with Crippen molar-refractivity contribution >= 4 is 17.2 Å². The smallest absolute Gasteiger partial charge is 0.251 e. The van der Waals surface area contributed by atoms with Crippen molar-refractivity contribution in [3.63, 3.8) is 0 Å². The van der Waals surface area contributed by atoms with Crippen LogP contribution in [0.2, 0.25) is 0 Å². The number of nitrogens with one attached hydrogen (secondary N) is 1. The molecule has 1 N–H and O–H groups in total. The highest BCUT2D eigenvalue weighted by atomic mass is 32.1. The lowest BCUT2D eigenvalue weighted by molar-refractivity contribution is 0.0938. The quantitative estimate of drug-likeness (QED) is 0.366. The fraction of sp³-hybridized carbons (Fsp3) is 0.462. The van der Waals surface area contributed by atoms with E-state index in [1.165, 1.54) is 24.1 Å². The van der Waals surface area contributed by atoms with Gasteiger partial charge < -0.3 is 14.8 Å². The number of ether oxygens (including phenoxy) is 2. The van der Waals surface area contributed by atoms with Crippen molar-refractivity contribution in [1.82, 2.24) is 20.5 Å². The Morgan fingerprint density at radius 2 is 2.06 bits per heavy atom. The number of thiazole rings is 1. The molecule has 34 heavy (non-hydrogen) atoms. The second kappa shape index (κ2) is 11.5. The number of carbonyl (C=O) groups excluding carboxylic acids is 1. The number of aryl methyl sites for hydroxylation is 1. The minimum atomic E-state index is -0.273. The summed E-state index contributed by atoms with van der Waals surface area (Å²) in [6.45, 7) is 7.62. The van der Waals surface area contributed by atoms with Gasteiger partial charge in [-0.2, -0.15) is 10.2 Å². The molecule has 2 aromatic heterocycles. The Morgan fingerprint density at radius 1 is 1.21 bits per heavy atom. The first kappa shape index (κ1) is 24.3. The summed E-state index contributed by atoms with van der Waals surface area (Å²) < 4.78 is 11.4. The highest BCUT2D eigenvalue weighted by Gasteiger charge is 2.23. The minimum absolute atomic E-state index is 0.188. The van der Waals surface area contributed by atoms with Crippen LogP contribution in [-0.4, -0.2) is 40.9 Å². The molecular formula is C26H32N4O3S. The van der Waals surface area contributed by atoms with E-state index in [1.807, 2.05) is 51.2 Å². The van der Waals surface area contributed by atoms with Crippen LogP contribution >= 0.6 is 11.3 Å². The van der Waals surface area contributed by atoms with Gasteiger partial charge in [0, 0.05) is 41.8 Å². The molecule has 8 heteroatoms. The Hall–Kier alpha value is -2.84. The molecule has 1 fully saturated rings. The predicted molar refractivity (Wildman–Crippen MR) is 133 cm³/mol. The summed E-state index contributed by atoms with van der Waals surface area (Å²) in [4.78, 5) is 19.1. The number of nitrogens with zero attached hydrogens (tertiary/aromatic N) is 3. The van der Waals surface area contributed by atoms with E-state index in [4.69, 9.17) is 9.47 Å². The van der Waals surface area contributed by atoms with E-state index >= 15 is 0 Å². The Morgan fingerprint density at radius 3 is 2.76 bits per heavy atom. The molecular weight excluding hydrogens is 448 g/mol. The van der Waals surface area contributed by atoms with E-state index in [9.17, 15) is 4.79 Å². The van der Waals surface area contributed by atoms with E-state index < -0.39 is 0 Å². The van der Waals surface area contributed by atoms with Gasteiger partial charge in [-0.05, 0) is 69.9 Å². The lowest BCUT2D eigenvalue weighted by atomic mass is 9.85. The van der Waals surface area contributed by atoms with Crippen LogP contribution < -0.4 is 10.1 Å². The lowest BCUT2D eigenvalue weighted by Crippen LogP contribution is -2.27. The molecule has 0 aliphatic heterocycles. The molecule has 1 atom stereocenters. The fourth-order valence-corrected chi connectivity index (χ4v) is 4.80. The number of aromatic nitrogens is 3. The molecule has 1 saturated carbocycles. The molecule has 0 radical (unpaired) electrons. The largest absolute Gasteiger partial charge is 0.493 e. The van der Waals surface area contributed by atoms with Crippen LogP contribution in [0.4, 0.5) is 0 Å². The molecule has 1 aliphatic carbocycles. The SMILES string of the molecule is CCOCCCOc1cc(C(=O)N[C@H](C)c2ccc(C)nn2)cc(-c2ncc(C3CCC3)s2)c1. The zero-order chi connectivity index (χ0) is 23.9. The van der Waals surface area contributed by atoms with Crippen molar-refractivity contribution in [1.29, 1.82) is 0 Å². The molecule has 1 aromatic carbocycles. The van der Waals surface area contributed by atoms with Crippen molar-refractivity contribution < 1.29 is 14.3 Å². The molecule has 7 nitrogen and oxygen atoms in total. The number of hydrogen-bond donors (Lipinski definition) is 1. The zero-order valence-electron chi connectivity index (χ0n) is 20.0. The van der Waals surface area contributed by atoms with Crippen molar-refractivity contribution in [3.8, 4) is 16.3 Å². The average molecular weight is 481 g/mol. The Bertz CT molecular complexity index is 1100. The molecule has 0 saturated heterocycles. The van der Waals surface area contributed by atoms with Crippen molar-refractivity contribution in [2.45, 2.75) is 58.4 Å². The van der Waals surface area contributed by atoms with Crippen LogP contribution in [-0.2, 0) is 4.74 Å². The summed E-state index contributed by atoms with van der Waals surface area (Å²) in [6.07, 6.45) is 6.52. The second-order valence-electron chi connectivity index (χ2n) is 8.64. The Balaban J connectivity index is 1.53. The molecule has 180 valence electrons. The van der Waals surface area contributed by atoms with E-state index in [0.29, 0.717) is 42.7 Å². The van der Waals surface area contributed by atoms with Crippen LogP contribution in [0.25, 0.3) is 10.6 Å². The monoisotopic (exact) mass is 480 g/mol. The second-order valence-corrected chi connectivity index (χ2v) is 9.70. The standard InChI is InChI=1S/C26H32N4O3S/c1-4-32-11-6-12-33-22-14-20(25(31)28-18(3)23-10-9-17(2)29-30-23)13-21(15-22)26-27-16-24(34-26)19-7-5-8-19/h9-10,13-16,18-19H,4-8,11-12H2,1-3H3,(H,28,31)/t18-/m1/s1. The number of carbonyl (C=O) groups is 1. The van der Waals surface area contributed by atoms with Gasteiger partial charge >= 0.3 is 0 Å². The molecule has 0 unspecified atom stereocenters. The maximum absolute atomic E-state index is 13.2. The fourth-order valence-electron chi connectivity index (χ4n) is 3.73. The first-order chi connectivity index (χ1) is 16.5. The summed E-state index contributed by atoms with van der Waals surface area (Å²) in [6, 6.07) is 9.14. The minimum Gasteiger partial charge on any atom is -0.493 e. The summed E-state index contributed by atoms with van der Waals surface area (Å²) in [5.41, 5.74) is 2.98. The van der Waals surface area contributed by atoms with Gasteiger partial charge in [0.05, 0.1) is 24.0 Å². The summed E-state index contributed by atoms with van der Waals surface area (Å²) in [5.74, 6) is 1.09. The molecule has 2 heterocycles. The van der Waals surface area contributed by atoms with Gasteiger partial charge in [0.2, 0.25) is 0 Å². The van der Waals surface area contributed by atoms with Crippen LogP contribution in [0.5, 0.6) is 5.75 Å². The van der Waals surface area contributed by atoms with Crippen LogP contribution in [0, 0.1) is 6.92 Å². The van der Waals surface area contributed by atoms with Crippen LogP contribution in [0.15, 0.2) is 36.5 Å². The van der Waals surface area contributed by atoms with Crippen LogP contribution in [0.3, 0.4) is 0 Å². The highest BCUT2D eigenvalue weighted by molar-refractivity contribution is 7.15. The van der Waals surface area contributed by atoms with E-state index in [1.54, 1.807) is 17.4 Å². The summed E-state index contributed by atoms with van der Waals surface area (Å²) in [7, 11) is 0. The van der Waals surface area contributed by atoms with Gasteiger partial charge in [-0.25, -0.2) is 4.98 Å². The zero-order valence-corrected chi connectivity index (χ0v) is 20.9. The predicted octanol–water partition coefficient (Wildman–Crippen LogP) is 5.47. The summed E-state index contributed by atoms with van der Waals surface area (Å²) in [5, 5.41) is 12.2. The normalized spacial score (nSPS) is 14.4. The maximum atomic E-state index is 13.2. The topological polar surface area (TPSA) is 86.2 Å². The number of amides is 1. The third-order valence-electron chi connectivity index (χ3n) is 5.96. The van der Waals surface area contributed by atoms with Crippen molar-refractivity contribution in [3.05, 3.63) is 58.4 Å². The first-order valence-corrected chi connectivity index (χ1v) is 12.8.